The molecule has 0 radical (unpaired) electrons. The van der Waals surface area contributed by atoms with Crippen LogP contribution in [-0.2, 0) is 59.2 Å². The third kappa shape index (κ3) is 21.4. The lowest BCUT2D eigenvalue weighted by Crippen LogP contribution is -2.61. The van der Waals surface area contributed by atoms with Crippen molar-refractivity contribution >= 4 is 65.2 Å². The topological polar surface area (TPSA) is 391 Å². The number of primary amides is 1. The molecule has 1 aromatic rings. The molecule has 0 bridgehead atoms. The quantitative estimate of drug-likeness (QED) is 0.0386. The molecule has 65 heavy (non-hydrogen) atoms. The molecule has 0 spiro atoms. The molecule has 24 heteroatoms. The number of phenolic OH excluding ortho intramolecular Hbond substituents is 1. The number of hydrogen-bond acceptors (Lipinski definition) is 13. The molecule has 0 aromatic heterocycles. The number of hydrogen-bond donors (Lipinski definition) is 13. The number of phenols is 1. The van der Waals surface area contributed by atoms with E-state index in [0.717, 1.165) is 0 Å². The van der Waals surface area contributed by atoms with Gasteiger partial charge in [0.05, 0.1) is 19.4 Å². The van der Waals surface area contributed by atoms with Crippen LogP contribution in [0.2, 0.25) is 0 Å². The van der Waals surface area contributed by atoms with Crippen molar-refractivity contribution in [1.82, 2.24) is 42.5 Å². The van der Waals surface area contributed by atoms with Crippen LogP contribution < -0.4 is 48.3 Å². The molecule has 0 unspecified atom stereocenters. The SMILES string of the molecule is CC(C)C[C@H](NC(=O)[C@H](CC(=O)O)NC(=O)[C@H](CC(N)=O)NC(=O)[C@@H](NC(=O)[C@@H](NC(=O)[C@H](C)NC(=O)CNC(=O)CCN[C@@H](Cc1ccc(O)cc1)C(=O)O)C(C)C)C(C)C)C(=O)O. The summed E-state index contributed by atoms with van der Waals surface area (Å²) in [5.74, 6) is -13.1. The van der Waals surface area contributed by atoms with E-state index in [1.165, 1.54) is 32.9 Å². The predicted molar refractivity (Wildman–Crippen MR) is 229 cm³/mol. The molecule has 1 aromatic carbocycles. The number of carboxylic acids is 3. The van der Waals surface area contributed by atoms with Gasteiger partial charge in [-0.05, 0) is 55.2 Å². The lowest BCUT2D eigenvalue weighted by Gasteiger charge is -2.29. The maximum absolute atomic E-state index is 13.6. The Kier molecular flexibility index (Phi) is 23.6. The highest BCUT2D eigenvalue weighted by Gasteiger charge is 2.36. The van der Waals surface area contributed by atoms with Crippen LogP contribution in [0.15, 0.2) is 24.3 Å². The molecule has 7 atom stereocenters. The van der Waals surface area contributed by atoms with Gasteiger partial charge in [0.1, 0.15) is 48.0 Å². The minimum Gasteiger partial charge on any atom is -0.508 e. The van der Waals surface area contributed by atoms with Gasteiger partial charge in [-0.2, -0.15) is 0 Å². The average molecular weight is 922 g/mol. The number of nitrogens with one attached hydrogen (secondary N) is 8. The number of aromatic hydroxyl groups is 1. The Balaban J connectivity index is 2.92. The Morgan fingerprint density at radius 3 is 1.52 bits per heavy atom. The van der Waals surface area contributed by atoms with Gasteiger partial charge in [0.2, 0.25) is 47.3 Å². The van der Waals surface area contributed by atoms with Gasteiger partial charge in [0.25, 0.3) is 0 Å². The number of nitrogens with two attached hydrogens (primary N) is 1. The second-order valence-electron chi connectivity index (χ2n) is 16.4. The molecule has 0 aliphatic rings. The fraction of sp³-hybridized carbons (Fsp3) is 0.585. The van der Waals surface area contributed by atoms with E-state index in [1.807, 2.05) is 0 Å². The Morgan fingerprint density at radius 1 is 0.569 bits per heavy atom. The van der Waals surface area contributed by atoms with Crippen molar-refractivity contribution in [3.05, 3.63) is 29.8 Å². The van der Waals surface area contributed by atoms with E-state index in [9.17, 15) is 73.2 Å². The van der Waals surface area contributed by atoms with E-state index >= 15 is 0 Å². The van der Waals surface area contributed by atoms with Crippen LogP contribution in [0, 0.1) is 17.8 Å². The van der Waals surface area contributed by atoms with Gasteiger partial charge in [-0.1, -0.05) is 53.7 Å². The van der Waals surface area contributed by atoms with E-state index < -0.39 is 139 Å². The summed E-state index contributed by atoms with van der Waals surface area (Å²) in [4.78, 5) is 139. The van der Waals surface area contributed by atoms with Crippen LogP contribution in [0.5, 0.6) is 5.75 Å². The van der Waals surface area contributed by atoms with Crippen LogP contribution in [0.1, 0.15) is 79.7 Å². The summed E-state index contributed by atoms with van der Waals surface area (Å²) >= 11 is 0. The maximum Gasteiger partial charge on any atom is 0.326 e. The summed E-state index contributed by atoms with van der Waals surface area (Å²) in [5, 5.41) is 56.9. The smallest absolute Gasteiger partial charge is 0.326 e. The van der Waals surface area contributed by atoms with Crippen molar-refractivity contribution in [2.24, 2.45) is 23.5 Å². The van der Waals surface area contributed by atoms with E-state index in [1.54, 1.807) is 39.8 Å². The van der Waals surface area contributed by atoms with Crippen molar-refractivity contribution in [1.29, 1.82) is 0 Å². The van der Waals surface area contributed by atoms with Crippen molar-refractivity contribution in [2.45, 2.75) is 123 Å². The van der Waals surface area contributed by atoms with Gasteiger partial charge in [-0.15, -0.1) is 0 Å². The fourth-order valence-corrected chi connectivity index (χ4v) is 5.98. The molecule has 24 nitrogen and oxygen atoms in total. The van der Waals surface area contributed by atoms with Crippen molar-refractivity contribution in [2.75, 3.05) is 13.1 Å². The Hall–Kier alpha value is -6.85. The zero-order chi connectivity index (χ0) is 49.7. The largest absolute Gasteiger partial charge is 0.508 e. The standard InChI is InChI=1S/C41H63N9O15/c1-19(2)14-28(41(64)65)48-37(59)26(17-32(55)56)46-36(58)25(16-29(42)52)47-38(60)33(20(3)4)50-39(61)34(21(5)6)49-35(57)22(7)45-31(54)18-44-30(53)12-13-43-27(40(62)63)15-23-8-10-24(51)11-9-23/h8-11,19-22,25-28,33-34,43,51H,12-18H2,1-7H3,(H2,42,52)(H,44,53)(H,45,54)(H,46,58)(H,47,60)(H,48,59)(H,49,57)(H,50,61)(H,55,56)(H,62,63)(H,64,65)/t22-,25-,26-,27-,28-,33-,34-/m0/s1. The van der Waals surface area contributed by atoms with Crippen LogP contribution in [-0.4, -0.2) is 141 Å². The van der Waals surface area contributed by atoms with E-state index in [-0.39, 0.29) is 37.5 Å². The number of carbonyl (C=O) groups excluding carboxylic acids is 8. The number of carbonyl (C=O) groups is 11. The summed E-state index contributed by atoms with van der Waals surface area (Å²) in [7, 11) is 0. The molecular weight excluding hydrogens is 858 g/mol. The third-order valence-electron chi connectivity index (χ3n) is 9.50. The lowest BCUT2D eigenvalue weighted by atomic mass is 9.99. The molecule has 0 saturated heterocycles. The van der Waals surface area contributed by atoms with E-state index in [4.69, 9.17) is 5.73 Å². The molecule has 8 amide bonds. The molecule has 0 saturated carbocycles. The first-order valence-electron chi connectivity index (χ1n) is 20.8. The molecule has 0 heterocycles. The highest BCUT2D eigenvalue weighted by molar-refractivity contribution is 5.99. The average Bonchev–Trinajstić information content (AvgIpc) is 3.19. The number of carboxylic acid groups (broad SMARTS) is 3. The Morgan fingerprint density at radius 2 is 1.05 bits per heavy atom. The summed E-state index contributed by atoms with van der Waals surface area (Å²) < 4.78 is 0. The first-order chi connectivity index (χ1) is 30.2. The zero-order valence-corrected chi connectivity index (χ0v) is 37.4. The summed E-state index contributed by atoms with van der Waals surface area (Å²) in [6.45, 7) is 10.3. The second-order valence-corrected chi connectivity index (χ2v) is 16.4. The van der Waals surface area contributed by atoms with Gasteiger partial charge in [0.15, 0.2) is 0 Å². The molecule has 0 aliphatic carbocycles. The minimum absolute atomic E-state index is 0.0207. The van der Waals surface area contributed by atoms with Crippen LogP contribution in [0.4, 0.5) is 0 Å². The van der Waals surface area contributed by atoms with Crippen LogP contribution in [0.3, 0.4) is 0 Å². The van der Waals surface area contributed by atoms with Crippen LogP contribution in [0.25, 0.3) is 0 Å². The predicted octanol–water partition coefficient (Wildman–Crippen LogP) is -2.79. The minimum atomic E-state index is -1.85. The third-order valence-corrected chi connectivity index (χ3v) is 9.50. The van der Waals surface area contributed by atoms with Gasteiger partial charge >= 0.3 is 17.9 Å². The number of aliphatic carboxylic acids is 3. The first kappa shape index (κ1) is 56.2. The van der Waals surface area contributed by atoms with Gasteiger partial charge in [0, 0.05) is 13.0 Å². The Bertz CT molecular complexity index is 1870. The monoisotopic (exact) mass is 921 g/mol. The highest BCUT2D eigenvalue weighted by atomic mass is 16.4. The van der Waals surface area contributed by atoms with Gasteiger partial charge < -0.3 is 68.7 Å². The number of amides is 8. The fourth-order valence-electron chi connectivity index (χ4n) is 5.98. The lowest BCUT2D eigenvalue weighted by molar-refractivity contribution is -0.144. The van der Waals surface area contributed by atoms with Gasteiger partial charge in [-0.3, -0.25) is 47.9 Å². The van der Waals surface area contributed by atoms with Gasteiger partial charge in [-0.25, -0.2) is 4.79 Å². The molecule has 1 rings (SSSR count). The summed E-state index contributed by atoms with van der Waals surface area (Å²) in [6, 6.07) is -4.10. The first-order valence-corrected chi connectivity index (χ1v) is 20.8. The maximum atomic E-state index is 13.6. The van der Waals surface area contributed by atoms with Crippen molar-refractivity contribution in [3.8, 4) is 5.75 Å². The molecule has 362 valence electrons. The molecule has 0 fully saturated rings. The summed E-state index contributed by atoms with van der Waals surface area (Å²) in [5.41, 5.74) is 5.95. The Labute approximate surface area is 375 Å². The van der Waals surface area contributed by atoms with E-state index in [2.05, 4.69) is 42.5 Å². The zero-order valence-electron chi connectivity index (χ0n) is 37.4. The number of rotatable bonds is 29. The van der Waals surface area contributed by atoms with E-state index in [0.29, 0.717) is 5.56 Å². The molecular formula is C41H63N9O15. The highest BCUT2D eigenvalue weighted by Crippen LogP contribution is 2.12. The van der Waals surface area contributed by atoms with Crippen LogP contribution >= 0.6 is 0 Å². The molecule has 14 N–H and O–H groups in total. The van der Waals surface area contributed by atoms with Crippen molar-refractivity contribution < 1.29 is 73.2 Å². The normalized spacial score (nSPS) is 14.3. The number of benzene rings is 1. The second kappa shape index (κ2) is 27.4. The van der Waals surface area contributed by atoms with Crippen molar-refractivity contribution in [3.63, 3.8) is 0 Å². The summed E-state index contributed by atoms with van der Waals surface area (Å²) in [6.07, 6.45) is -1.98. The molecule has 0 aliphatic heterocycles.